The number of hydrogen-bond donors (Lipinski definition) is 1. The van der Waals surface area contributed by atoms with Crippen molar-refractivity contribution < 1.29 is 9.21 Å². The molecule has 0 saturated carbocycles. The Morgan fingerprint density at radius 3 is 2.62 bits per heavy atom. The Morgan fingerprint density at radius 1 is 0.931 bits per heavy atom. The van der Waals surface area contributed by atoms with E-state index in [9.17, 15) is 9.59 Å². The summed E-state index contributed by atoms with van der Waals surface area (Å²) in [6.07, 6.45) is 0. The third kappa shape index (κ3) is 3.17. The van der Waals surface area contributed by atoms with E-state index in [1.54, 1.807) is 42.5 Å². The highest BCUT2D eigenvalue weighted by Gasteiger charge is 2.12. The summed E-state index contributed by atoms with van der Waals surface area (Å²) < 4.78 is 13.8. The molecule has 2 aromatic heterocycles. The first-order valence-electron chi connectivity index (χ1n) is 8.85. The average Bonchev–Trinajstić information content (AvgIpc) is 3.23. The number of rotatable bonds is 3. The van der Waals surface area contributed by atoms with E-state index < -0.39 is 5.63 Å². The second-order valence-electron chi connectivity index (χ2n) is 6.45. The molecule has 5 aromatic rings. The van der Waals surface area contributed by atoms with Crippen molar-refractivity contribution in [2.24, 2.45) is 0 Å². The fourth-order valence-electron chi connectivity index (χ4n) is 3.17. The van der Waals surface area contributed by atoms with Crippen molar-refractivity contribution in [3.8, 4) is 11.1 Å². The summed E-state index contributed by atoms with van der Waals surface area (Å²) in [6, 6.07) is 21.4. The first-order chi connectivity index (χ1) is 14.2. The van der Waals surface area contributed by atoms with Gasteiger partial charge in [-0.25, -0.2) is 4.79 Å². The SMILES string of the molecule is O=C(Nc1cccc2nsnc12)c1ccc(-c2cc3ccccc3oc2=O)cc1. The maximum absolute atomic E-state index is 12.6. The highest BCUT2D eigenvalue weighted by atomic mass is 32.1. The minimum Gasteiger partial charge on any atom is -0.422 e. The smallest absolute Gasteiger partial charge is 0.344 e. The Hall–Kier alpha value is -3.84. The van der Waals surface area contributed by atoms with Gasteiger partial charge in [0.25, 0.3) is 5.91 Å². The Bertz CT molecular complexity index is 1420. The van der Waals surface area contributed by atoms with Crippen LogP contribution in [-0.4, -0.2) is 14.7 Å². The van der Waals surface area contributed by atoms with Crippen LogP contribution in [0.4, 0.5) is 5.69 Å². The van der Waals surface area contributed by atoms with Crippen molar-refractivity contribution >= 4 is 45.3 Å². The number of nitrogens with zero attached hydrogens (tertiary/aromatic N) is 2. The van der Waals surface area contributed by atoms with Crippen LogP contribution >= 0.6 is 11.7 Å². The highest BCUT2D eigenvalue weighted by Crippen LogP contribution is 2.24. The topological polar surface area (TPSA) is 85.1 Å². The van der Waals surface area contributed by atoms with Crippen LogP contribution in [0.5, 0.6) is 0 Å². The Labute approximate surface area is 168 Å². The molecule has 3 aromatic carbocycles. The molecule has 0 aliphatic rings. The number of carbonyl (C=O) groups excluding carboxylic acids is 1. The molecule has 5 rings (SSSR count). The van der Waals surface area contributed by atoms with E-state index in [-0.39, 0.29) is 5.91 Å². The summed E-state index contributed by atoms with van der Waals surface area (Å²) >= 11 is 1.10. The lowest BCUT2D eigenvalue weighted by Crippen LogP contribution is -2.12. The van der Waals surface area contributed by atoms with Gasteiger partial charge in [-0.1, -0.05) is 36.4 Å². The average molecular weight is 399 g/mol. The predicted octanol–water partition coefficient (Wildman–Crippen LogP) is 4.72. The van der Waals surface area contributed by atoms with Gasteiger partial charge in [0.2, 0.25) is 0 Å². The molecule has 0 radical (unpaired) electrons. The van der Waals surface area contributed by atoms with E-state index in [1.807, 2.05) is 30.3 Å². The Morgan fingerprint density at radius 2 is 1.76 bits per heavy atom. The van der Waals surface area contributed by atoms with Crippen LogP contribution in [0.1, 0.15) is 10.4 Å². The van der Waals surface area contributed by atoms with Crippen LogP contribution in [0.3, 0.4) is 0 Å². The summed E-state index contributed by atoms with van der Waals surface area (Å²) in [5, 5.41) is 3.71. The fourth-order valence-corrected chi connectivity index (χ4v) is 3.72. The monoisotopic (exact) mass is 399 g/mol. The summed E-state index contributed by atoms with van der Waals surface area (Å²) in [4.78, 5) is 25.0. The first-order valence-corrected chi connectivity index (χ1v) is 9.58. The van der Waals surface area contributed by atoms with E-state index in [0.717, 1.165) is 22.6 Å². The fraction of sp³-hybridized carbons (Fsp3) is 0. The summed E-state index contributed by atoms with van der Waals surface area (Å²) in [7, 11) is 0. The Kier molecular flexibility index (Phi) is 4.14. The Balaban J connectivity index is 1.44. The lowest BCUT2D eigenvalue weighted by Gasteiger charge is -2.07. The number of para-hydroxylation sites is 1. The van der Waals surface area contributed by atoms with Crippen molar-refractivity contribution in [3.05, 3.63) is 88.8 Å². The van der Waals surface area contributed by atoms with Crippen molar-refractivity contribution in [3.63, 3.8) is 0 Å². The molecule has 0 aliphatic heterocycles. The number of benzene rings is 3. The molecule has 7 heteroatoms. The van der Waals surface area contributed by atoms with Crippen LogP contribution < -0.4 is 10.9 Å². The van der Waals surface area contributed by atoms with Gasteiger partial charge in [-0.15, -0.1) is 0 Å². The molecule has 29 heavy (non-hydrogen) atoms. The number of amides is 1. The normalized spacial score (nSPS) is 11.0. The molecule has 0 unspecified atom stereocenters. The largest absolute Gasteiger partial charge is 0.422 e. The van der Waals surface area contributed by atoms with Crippen molar-refractivity contribution in [1.82, 2.24) is 8.75 Å². The quantitative estimate of drug-likeness (QED) is 0.444. The second-order valence-corrected chi connectivity index (χ2v) is 6.98. The van der Waals surface area contributed by atoms with Crippen molar-refractivity contribution in [1.29, 1.82) is 0 Å². The summed E-state index contributed by atoms with van der Waals surface area (Å²) in [6.45, 7) is 0. The maximum atomic E-state index is 12.6. The van der Waals surface area contributed by atoms with Crippen LogP contribution in [0.25, 0.3) is 33.1 Å². The highest BCUT2D eigenvalue weighted by molar-refractivity contribution is 7.00. The van der Waals surface area contributed by atoms with Crippen LogP contribution in [0.15, 0.2) is 82.0 Å². The van der Waals surface area contributed by atoms with Gasteiger partial charge < -0.3 is 9.73 Å². The molecule has 2 heterocycles. The number of carbonyl (C=O) groups is 1. The van der Waals surface area contributed by atoms with E-state index in [4.69, 9.17) is 4.42 Å². The maximum Gasteiger partial charge on any atom is 0.344 e. The molecular weight excluding hydrogens is 386 g/mol. The number of aromatic nitrogens is 2. The number of nitrogens with one attached hydrogen (secondary N) is 1. The zero-order chi connectivity index (χ0) is 19.8. The molecule has 0 spiro atoms. The van der Waals surface area contributed by atoms with Crippen molar-refractivity contribution in [2.75, 3.05) is 5.32 Å². The zero-order valence-corrected chi connectivity index (χ0v) is 15.8. The number of anilines is 1. The van der Waals surface area contributed by atoms with Crippen LogP contribution in [-0.2, 0) is 0 Å². The molecule has 0 fully saturated rings. The third-order valence-corrected chi connectivity index (χ3v) is 5.18. The zero-order valence-electron chi connectivity index (χ0n) is 15.0. The van der Waals surface area contributed by atoms with Crippen LogP contribution in [0.2, 0.25) is 0 Å². The van der Waals surface area contributed by atoms with Gasteiger partial charge in [-0.2, -0.15) is 8.75 Å². The molecule has 1 N–H and O–H groups in total. The molecular formula is C22H13N3O3S. The van der Waals surface area contributed by atoms with Gasteiger partial charge in [0.15, 0.2) is 0 Å². The van der Waals surface area contributed by atoms with E-state index >= 15 is 0 Å². The lowest BCUT2D eigenvalue weighted by atomic mass is 10.0. The summed E-state index contributed by atoms with van der Waals surface area (Å²) in [5.74, 6) is -0.261. The lowest BCUT2D eigenvalue weighted by molar-refractivity contribution is 0.102. The standard InChI is InChI=1S/C22H13N3O3S/c26-21(23-17-5-3-6-18-20(17)25-29-24-18)14-10-8-13(9-11-14)16-12-15-4-1-2-7-19(15)28-22(16)27/h1-12H,(H,23,26). The van der Waals surface area contributed by atoms with Gasteiger partial charge in [0, 0.05) is 10.9 Å². The first kappa shape index (κ1) is 17.3. The van der Waals surface area contributed by atoms with E-state index in [0.29, 0.717) is 33.5 Å². The summed E-state index contributed by atoms with van der Waals surface area (Å²) in [5.41, 5.74) is 3.76. The molecule has 0 atom stereocenters. The molecule has 0 saturated heterocycles. The van der Waals surface area contributed by atoms with Gasteiger partial charge >= 0.3 is 5.63 Å². The molecule has 1 amide bonds. The van der Waals surface area contributed by atoms with Gasteiger partial charge in [0.1, 0.15) is 16.6 Å². The van der Waals surface area contributed by atoms with Crippen LogP contribution in [0, 0.1) is 0 Å². The molecule has 0 aliphatic carbocycles. The molecule has 140 valence electrons. The number of fused-ring (bicyclic) bond motifs is 2. The van der Waals surface area contributed by atoms with E-state index in [1.165, 1.54) is 0 Å². The van der Waals surface area contributed by atoms with E-state index in [2.05, 4.69) is 14.1 Å². The second kappa shape index (κ2) is 6.96. The van der Waals surface area contributed by atoms with Gasteiger partial charge in [-0.3, -0.25) is 4.79 Å². The van der Waals surface area contributed by atoms with Crippen molar-refractivity contribution in [2.45, 2.75) is 0 Å². The predicted molar refractivity (Wildman–Crippen MR) is 113 cm³/mol. The number of hydrogen-bond acceptors (Lipinski definition) is 6. The van der Waals surface area contributed by atoms with Gasteiger partial charge in [-0.05, 0) is 42.0 Å². The minimum atomic E-state index is -0.413. The third-order valence-electron chi connectivity index (χ3n) is 4.63. The molecule has 6 nitrogen and oxygen atoms in total. The van der Waals surface area contributed by atoms with Gasteiger partial charge in [0.05, 0.1) is 23.0 Å². The molecule has 0 bridgehead atoms. The minimum absolute atomic E-state index is 0.261.